The van der Waals surface area contributed by atoms with E-state index in [4.69, 9.17) is 16.6 Å². The summed E-state index contributed by atoms with van der Waals surface area (Å²) in [5.41, 5.74) is 2.84. The average molecular weight is 555 g/mol. The number of pyridine rings is 1. The van der Waals surface area contributed by atoms with Crippen molar-refractivity contribution in [2.24, 2.45) is 5.92 Å². The quantitative estimate of drug-likeness (QED) is 0.299. The third-order valence-corrected chi connectivity index (χ3v) is 9.88. The van der Waals surface area contributed by atoms with Gasteiger partial charge < -0.3 is 0 Å². The highest BCUT2D eigenvalue weighted by molar-refractivity contribution is 7.89. The number of aryl methyl sites for hydroxylation is 1. The topological polar surface area (TPSA) is 83.5 Å². The number of fused-ring (bicyclic) bond motifs is 1. The van der Waals surface area contributed by atoms with Crippen LogP contribution in [-0.2, 0) is 27.8 Å². The number of hydrogen-bond donors (Lipinski definition) is 0. The zero-order valence-electron chi connectivity index (χ0n) is 20.4. The molecule has 5 rings (SSSR count). The predicted molar refractivity (Wildman–Crippen MR) is 147 cm³/mol. The van der Waals surface area contributed by atoms with E-state index in [-0.39, 0.29) is 29.8 Å². The molecule has 0 aliphatic carbocycles. The SMILES string of the molecule is CCc1cccc2sc(N(Cc3ccccn3)C(=O)C3CCN(S(=O)(=O)c4ccc(Cl)cc4)CC3)nc12. The Morgan fingerprint density at radius 3 is 2.51 bits per heavy atom. The van der Waals surface area contributed by atoms with Crippen molar-refractivity contribution in [3.05, 3.63) is 83.1 Å². The zero-order chi connectivity index (χ0) is 26.0. The van der Waals surface area contributed by atoms with Crippen molar-refractivity contribution in [2.45, 2.75) is 37.6 Å². The fourth-order valence-corrected chi connectivity index (χ4v) is 7.22. The van der Waals surface area contributed by atoms with Crippen LogP contribution in [0.2, 0.25) is 5.02 Å². The second kappa shape index (κ2) is 10.9. The van der Waals surface area contributed by atoms with Crippen LogP contribution in [0.4, 0.5) is 5.13 Å². The molecule has 0 saturated carbocycles. The van der Waals surface area contributed by atoms with Crippen molar-refractivity contribution in [1.29, 1.82) is 0 Å². The lowest BCUT2D eigenvalue weighted by atomic mass is 9.96. The lowest BCUT2D eigenvalue weighted by molar-refractivity contribution is -0.123. The Morgan fingerprint density at radius 2 is 1.84 bits per heavy atom. The fourth-order valence-electron chi connectivity index (χ4n) is 4.61. The van der Waals surface area contributed by atoms with Gasteiger partial charge in [-0.15, -0.1) is 0 Å². The van der Waals surface area contributed by atoms with Crippen LogP contribution in [0.15, 0.2) is 71.8 Å². The van der Waals surface area contributed by atoms with Crippen LogP contribution in [0.5, 0.6) is 0 Å². The normalized spacial score (nSPS) is 15.2. The van der Waals surface area contributed by atoms with Gasteiger partial charge in [-0.05, 0) is 67.3 Å². The molecule has 1 aliphatic rings. The molecule has 0 radical (unpaired) electrons. The van der Waals surface area contributed by atoms with Crippen LogP contribution in [0.1, 0.15) is 31.0 Å². The van der Waals surface area contributed by atoms with Crippen LogP contribution in [0.3, 0.4) is 0 Å². The van der Waals surface area contributed by atoms with E-state index in [1.165, 1.54) is 27.8 Å². The summed E-state index contributed by atoms with van der Waals surface area (Å²) < 4.78 is 28.7. The van der Waals surface area contributed by atoms with Crippen LogP contribution in [0.25, 0.3) is 10.2 Å². The van der Waals surface area contributed by atoms with E-state index in [9.17, 15) is 13.2 Å². The molecule has 10 heteroatoms. The number of carbonyl (C=O) groups excluding carboxylic acids is 1. The second-order valence-corrected chi connectivity index (χ2v) is 12.4. The third-order valence-electron chi connectivity index (χ3n) is 6.67. The molecular weight excluding hydrogens is 528 g/mol. The van der Waals surface area contributed by atoms with Crippen LogP contribution >= 0.6 is 22.9 Å². The van der Waals surface area contributed by atoms with Gasteiger partial charge in [0, 0.05) is 30.2 Å². The predicted octanol–water partition coefficient (Wildman–Crippen LogP) is 5.54. The molecule has 4 aromatic rings. The fraction of sp³-hybridized carbons (Fsp3) is 0.296. The minimum atomic E-state index is -3.64. The van der Waals surface area contributed by atoms with Crippen molar-refractivity contribution in [3.63, 3.8) is 0 Å². The van der Waals surface area contributed by atoms with E-state index < -0.39 is 10.0 Å². The number of nitrogens with zero attached hydrogens (tertiary/aromatic N) is 4. The minimum absolute atomic E-state index is 0.0497. The number of halogens is 1. The maximum absolute atomic E-state index is 13.9. The number of para-hydroxylation sites is 1. The number of rotatable bonds is 7. The van der Waals surface area contributed by atoms with Crippen LogP contribution < -0.4 is 4.90 Å². The molecule has 2 aromatic carbocycles. The van der Waals surface area contributed by atoms with E-state index in [1.54, 1.807) is 23.2 Å². The number of carbonyl (C=O) groups is 1. The van der Waals surface area contributed by atoms with E-state index in [0.717, 1.165) is 27.9 Å². The van der Waals surface area contributed by atoms with Crippen LogP contribution in [0, 0.1) is 5.92 Å². The first kappa shape index (κ1) is 25.8. The molecule has 1 aliphatic heterocycles. The Kier molecular flexibility index (Phi) is 7.57. The Bertz CT molecular complexity index is 1500. The molecule has 0 atom stereocenters. The van der Waals surface area contributed by atoms with E-state index in [0.29, 0.717) is 29.5 Å². The summed E-state index contributed by atoms with van der Waals surface area (Å²) in [7, 11) is -3.64. The van der Waals surface area contributed by atoms with Crippen LogP contribution in [-0.4, -0.2) is 41.7 Å². The molecule has 1 amide bonds. The lowest BCUT2D eigenvalue weighted by Crippen LogP contribution is -2.44. The van der Waals surface area contributed by atoms with Gasteiger partial charge in [0.25, 0.3) is 0 Å². The highest BCUT2D eigenvalue weighted by Crippen LogP contribution is 2.34. The van der Waals surface area contributed by atoms with Gasteiger partial charge in [0.1, 0.15) is 0 Å². The molecule has 1 saturated heterocycles. The summed E-state index contributed by atoms with van der Waals surface area (Å²) in [6, 6.07) is 17.9. The molecular formula is C27H27ClN4O3S2. The summed E-state index contributed by atoms with van der Waals surface area (Å²) in [5, 5.41) is 1.12. The van der Waals surface area contributed by atoms with Crippen molar-refractivity contribution in [2.75, 3.05) is 18.0 Å². The van der Waals surface area contributed by atoms with E-state index in [2.05, 4.69) is 18.0 Å². The first-order valence-electron chi connectivity index (χ1n) is 12.2. The minimum Gasteiger partial charge on any atom is -0.282 e. The van der Waals surface area contributed by atoms with Crippen molar-refractivity contribution >= 4 is 54.2 Å². The second-order valence-electron chi connectivity index (χ2n) is 8.99. The maximum Gasteiger partial charge on any atom is 0.243 e. The summed E-state index contributed by atoms with van der Waals surface area (Å²) in [5.74, 6) is -0.357. The number of piperidine rings is 1. The number of amides is 1. The number of benzene rings is 2. The number of sulfonamides is 1. The third kappa shape index (κ3) is 5.40. The molecule has 1 fully saturated rings. The first-order valence-corrected chi connectivity index (χ1v) is 14.9. The number of anilines is 1. The van der Waals surface area contributed by atoms with Gasteiger partial charge >= 0.3 is 0 Å². The average Bonchev–Trinajstić information content (AvgIpc) is 3.36. The van der Waals surface area contributed by atoms with Gasteiger partial charge in [-0.2, -0.15) is 4.31 Å². The van der Waals surface area contributed by atoms with E-state index >= 15 is 0 Å². The molecule has 0 N–H and O–H groups in total. The van der Waals surface area contributed by atoms with Crippen molar-refractivity contribution < 1.29 is 13.2 Å². The summed E-state index contributed by atoms with van der Waals surface area (Å²) >= 11 is 7.42. The van der Waals surface area contributed by atoms with E-state index in [1.807, 2.05) is 30.3 Å². The van der Waals surface area contributed by atoms with Gasteiger partial charge in [-0.3, -0.25) is 14.7 Å². The van der Waals surface area contributed by atoms with Gasteiger partial charge in [-0.25, -0.2) is 13.4 Å². The summed E-state index contributed by atoms with van der Waals surface area (Å²) in [4.78, 5) is 25.1. The van der Waals surface area contributed by atoms with Gasteiger partial charge in [-0.1, -0.05) is 48.1 Å². The molecule has 0 unspecified atom stereocenters. The molecule has 37 heavy (non-hydrogen) atoms. The van der Waals surface area contributed by atoms with Gasteiger partial charge in [0.2, 0.25) is 15.9 Å². The standard InChI is InChI=1S/C27H27ClN4O3S2/c1-2-19-6-5-8-24-25(19)30-27(36-24)32(18-22-7-3-4-15-29-22)26(33)20-13-16-31(17-14-20)37(34,35)23-11-9-21(28)10-12-23/h3-12,15,20H,2,13-14,16-18H2,1H3. The molecule has 3 heterocycles. The van der Waals surface area contributed by atoms with Gasteiger partial charge in [0.05, 0.1) is 27.4 Å². The maximum atomic E-state index is 13.9. The van der Waals surface area contributed by atoms with Gasteiger partial charge in [0.15, 0.2) is 5.13 Å². The monoisotopic (exact) mass is 554 g/mol. The Hall–Kier alpha value is -2.85. The highest BCUT2D eigenvalue weighted by atomic mass is 35.5. The summed E-state index contributed by atoms with van der Waals surface area (Å²) in [6.07, 6.45) is 3.45. The molecule has 7 nitrogen and oxygen atoms in total. The molecule has 2 aromatic heterocycles. The largest absolute Gasteiger partial charge is 0.282 e. The Labute approximate surface area is 225 Å². The molecule has 0 spiro atoms. The van der Waals surface area contributed by atoms with Crippen molar-refractivity contribution in [3.8, 4) is 0 Å². The zero-order valence-corrected chi connectivity index (χ0v) is 22.8. The lowest BCUT2D eigenvalue weighted by Gasteiger charge is -2.33. The number of thiazole rings is 1. The Balaban J connectivity index is 1.38. The number of aromatic nitrogens is 2. The first-order chi connectivity index (χ1) is 17.9. The molecule has 0 bridgehead atoms. The molecule has 192 valence electrons. The van der Waals surface area contributed by atoms with Crippen molar-refractivity contribution in [1.82, 2.24) is 14.3 Å². The summed E-state index contributed by atoms with van der Waals surface area (Å²) in [6.45, 7) is 2.96. The Morgan fingerprint density at radius 1 is 1.08 bits per heavy atom. The highest BCUT2D eigenvalue weighted by Gasteiger charge is 2.35. The smallest absolute Gasteiger partial charge is 0.243 e. The number of hydrogen-bond acceptors (Lipinski definition) is 6.